The standard InChI is InChI=1S/C26H29F3N8O2/c1-14-21(15(2)39-36-14)19-9-8-17-22(35-37(24(17)33-19)20-7-3-4-11-38-20)23-18(26(27,28)29)13-31-25(34-23)32-16-6-5-10-30-12-16/h8-9,13,16,20,30H,3-7,10-12H2,1-2H3,(H,31,32,34)/t16-,20?/m0/s1. The lowest BCUT2D eigenvalue weighted by Gasteiger charge is -2.24. The normalized spacial score (nSPS) is 20.4. The van der Waals surface area contributed by atoms with Crippen LogP contribution in [0, 0.1) is 13.8 Å². The lowest BCUT2D eigenvalue weighted by Crippen LogP contribution is -2.38. The number of pyridine rings is 1. The highest BCUT2D eigenvalue weighted by atomic mass is 19.4. The summed E-state index contributed by atoms with van der Waals surface area (Å²) in [5.74, 6) is 0.728. The molecule has 206 valence electrons. The van der Waals surface area contributed by atoms with Gasteiger partial charge in [0, 0.05) is 30.8 Å². The summed E-state index contributed by atoms with van der Waals surface area (Å²) in [6.45, 7) is 5.74. The van der Waals surface area contributed by atoms with E-state index in [0.717, 1.165) is 44.0 Å². The number of ether oxygens (including phenoxy) is 1. The van der Waals surface area contributed by atoms with Gasteiger partial charge >= 0.3 is 6.18 Å². The molecular weight excluding hydrogens is 513 g/mol. The number of fused-ring (bicyclic) bond motifs is 1. The fourth-order valence-corrected chi connectivity index (χ4v) is 5.29. The van der Waals surface area contributed by atoms with Crippen LogP contribution in [-0.2, 0) is 10.9 Å². The Hall–Kier alpha value is -3.58. The van der Waals surface area contributed by atoms with Crippen LogP contribution < -0.4 is 10.6 Å². The van der Waals surface area contributed by atoms with Crippen LogP contribution in [0.5, 0.6) is 0 Å². The lowest BCUT2D eigenvalue weighted by atomic mass is 10.1. The Labute approximate surface area is 222 Å². The number of nitrogens with zero attached hydrogens (tertiary/aromatic N) is 6. The highest BCUT2D eigenvalue weighted by molar-refractivity contribution is 5.92. The predicted octanol–water partition coefficient (Wildman–Crippen LogP) is 5.04. The van der Waals surface area contributed by atoms with Crippen molar-refractivity contribution in [1.82, 2.24) is 35.2 Å². The number of aromatic nitrogens is 6. The molecule has 2 fully saturated rings. The van der Waals surface area contributed by atoms with Crippen LogP contribution in [0.4, 0.5) is 19.1 Å². The maximum absolute atomic E-state index is 14.2. The number of hydrogen-bond acceptors (Lipinski definition) is 9. The minimum atomic E-state index is -4.68. The quantitative estimate of drug-likeness (QED) is 0.358. The first kappa shape index (κ1) is 25.7. The van der Waals surface area contributed by atoms with E-state index in [1.165, 1.54) is 0 Å². The summed E-state index contributed by atoms with van der Waals surface area (Å²) in [6.07, 6.45) is 0.0228. The maximum atomic E-state index is 14.2. The molecule has 0 aromatic carbocycles. The number of hydrogen-bond donors (Lipinski definition) is 2. The van der Waals surface area contributed by atoms with Crippen LogP contribution in [-0.4, -0.2) is 55.6 Å². The minimum absolute atomic E-state index is 0.0209. The van der Waals surface area contributed by atoms with Crippen molar-refractivity contribution in [1.29, 1.82) is 0 Å². The largest absolute Gasteiger partial charge is 0.420 e. The topological polar surface area (TPSA) is 116 Å². The Morgan fingerprint density at radius 1 is 1.08 bits per heavy atom. The van der Waals surface area contributed by atoms with Gasteiger partial charge in [-0.15, -0.1) is 0 Å². The number of anilines is 1. The molecule has 2 aliphatic heterocycles. The fourth-order valence-electron chi connectivity index (χ4n) is 5.29. The van der Waals surface area contributed by atoms with Crippen molar-refractivity contribution in [3.05, 3.63) is 35.3 Å². The summed E-state index contributed by atoms with van der Waals surface area (Å²) in [5.41, 5.74) is 1.23. The summed E-state index contributed by atoms with van der Waals surface area (Å²) in [5, 5.41) is 15.6. The highest BCUT2D eigenvalue weighted by Crippen LogP contribution is 2.40. The van der Waals surface area contributed by atoms with E-state index in [0.29, 0.717) is 47.8 Å². The molecule has 39 heavy (non-hydrogen) atoms. The average Bonchev–Trinajstić information content (AvgIpc) is 3.48. The van der Waals surface area contributed by atoms with Gasteiger partial charge in [0.15, 0.2) is 11.9 Å². The molecule has 2 N–H and O–H groups in total. The van der Waals surface area contributed by atoms with Crippen molar-refractivity contribution >= 4 is 17.0 Å². The maximum Gasteiger partial charge on any atom is 0.420 e. The van der Waals surface area contributed by atoms with Gasteiger partial charge in [0.05, 0.1) is 17.0 Å². The molecule has 4 aromatic heterocycles. The number of rotatable bonds is 5. The zero-order valence-corrected chi connectivity index (χ0v) is 21.7. The number of alkyl halides is 3. The van der Waals surface area contributed by atoms with E-state index < -0.39 is 18.0 Å². The molecule has 1 unspecified atom stereocenters. The van der Waals surface area contributed by atoms with Crippen LogP contribution in [0.1, 0.15) is 55.3 Å². The van der Waals surface area contributed by atoms with Crippen LogP contribution in [0.15, 0.2) is 22.9 Å². The van der Waals surface area contributed by atoms with E-state index >= 15 is 0 Å². The molecule has 13 heteroatoms. The molecule has 10 nitrogen and oxygen atoms in total. The average molecular weight is 543 g/mol. The molecule has 2 aliphatic rings. The highest BCUT2D eigenvalue weighted by Gasteiger charge is 2.37. The molecule has 6 heterocycles. The number of piperidine rings is 1. The summed E-state index contributed by atoms with van der Waals surface area (Å²) in [7, 11) is 0. The molecule has 4 aromatic rings. The first-order chi connectivity index (χ1) is 18.8. The van der Waals surface area contributed by atoms with Crippen molar-refractivity contribution in [3.8, 4) is 22.6 Å². The summed E-state index contributed by atoms with van der Waals surface area (Å²) < 4.78 is 55.6. The van der Waals surface area contributed by atoms with Gasteiger partial charge in [-0.05, 0) is 64.6 Å². The van der Waals surface area contributed by atoms with Gasteiger partial charge in [0.2, 0.25) is 5.95 Å². The van der Waals surface area contributed by atoms with Crippen molar-refractivity contribution in [2.24, 2.45) is 0 Å². The number of nitrogens with one attached hydrogen (secondary N) is 2. The third kappa shape index (κ3) is 4.96. The molecule has 0 saturated carbocycles. The number of halogens is 3. The van der Waals surface area contributed by atoms with Gasteiger partial charge in [-0.25, -0.2) is 19.6 Å². The second kappa shape index (κ2) is 10.2. The summed E-state index contributed by atoms with van der Waals surface area (Å²) in [4.78, 5) is 13.2. The first-order valence-electron chi connectivity index (χ1n) is 13.2. The van der Waals surface area contributed by atoms with E-state index in [1.54, 1.807) is 23.7 Å². The monoisotopic (exact) mass is 542 g/mol. The van der Waals surface area contributed by atoms with Gasteiger partial charge in [-0.1, -0.05) is 5.16 Å². The van der Waals surface area contributed by atoms with Gasteiger partial charge in [-0.3, -0.25) is 0 Å². The van der Waals surface area contributed by atoms with Crippen LogP contribution >= 0.6 is 0 Å². The van der Waals surface area contributed by atoms with Gasteiger partial charge < -0.3 is 19.9 Å². The van der Waals surface area contributed by atoms with Gasteiger partial charge in [0.1, 0.15) is 22.7 Å². The molecular formula is C26H29F3N8O2. The van der Waals surface area contributed by atoms with E-state index in [2.05, 4.69) is 30.9 Å². The third-order valence-corrected chi connectivity index (χ3v) is 7.22. The van der Waals surface area contributed by atoms with Crippen LogP contribution in [0.2, 0.25) is 0 Å². The summed E-state index contributed by atoms with van der Waals surface area (Å²) in [6, 6.07) is 3.49. The van der Waals surface area contributed by atoms with Gasteiger partial charge in [0.25, 0.3) is 0 Å². The molecule has 6 rings (SSSR count). The zero-order chi connectivity index (χ0) is 27.1. The smallest absolute Gasteiger partial charge is 0.361 e. The molecule has 2 saturated heterocycles. The second-order valence-corrected chi connectivity index (χ2v) is 10.0. The molecule has 0 aliphatic carbocycles. The second-order valence-electron chi connectivity index (χ2n) is 10.0. The van der Waals surface area contributed by atoms with Crippen LogP contribution in [0.3, 0.4) is 0 Å². The van der Waals surface area contributed by atoms with E-state index in [4.69, 9.17) is 14.2 Å². The van der Waals surface area contributed by atoms with E-state index in [-0.39, 0.29) is 23.4 Å². The lowest BCUT2D eigenvalue weighted by molar-refractivity contribution is -0.137. The molecule has 2 atom stereocenters. The summed E-state index contributed by atoms with van der Waals surface area (Å²) >= 11 is 0. The molecule has 0 bridgehead atoms. The van der Waals surface area contributed by atoms with Crippen molar-refractivity contribution in [2.75, 3.05) is 25.0 Å². The first-order valence-corrected chi connectivity index (χ1v) is 13.2. The molecule has 0 amide bonds. The predicted molar refractivity (Wildman–Crippen MR) is 137 cm³/mol. The Balaban J connectivity index is 1.52. The van der Waals surface area contributed by atoms with Crippen LogP contribution in [0.25, 0.3) is 33.7 Å². The van der Waals surface area contributed by atoms with Crippen molar-refractivity contribution < 1.29 is 22.4 Å². The fraction of sp³-hybridized carbons (Fsp3) is 0.500. The third-order valence-electron chi connectivity index (χ3n) is 7.22. The SMILES string of the molecule is Cc1noc(C)c1-c1ccc2c(-c3nc(N[C@H]4CCCNC4)ncc3C(F)(F)F)nn(C3CCCCO3)c2n1. The van der Waals surface area contributed by atoms with E-state index in [1.807, 2.05) is 6.92 Å². The Bertz CT molecular complexity index is 1470. The Morgan fingerprint density at radius 2 is 1.95 bits per heavy atom. The van der Waals surface area contributed by atoms with Gasteiger partial charge in [-0.2, -0.15) is 18.3 Å². The van der Waals surface area contributed by atoms with E-state index in [9.17, 15) is 13.2 Å². The molecule has 0 radical (unpaired) electrons. The van der Waals surface area contributed by atoms with Crippen molar-refractivity contribution in [3.63, 3.8) is 0 Å². The Kier molecular flexibility index (Phi) is 6.71. The minimum Gasteiger partial charge on any atom is -0.361 e. The van der Waals surface area contributed by atoms with Crippen molar-refractivity contribution in [2.45, 2.75) is 64.4 Å². The number of aryl methyl sites for hydroxylation is 2. The molecule has 0 spiro atoms. The zero-order valence-electron chi connectivity index (χ0n) is 21.7. The Morgan fingerprint density at radius 3 is 2.64 bits per heavy atom.